The van der Waals surface area contributed by atoms with Crippen LogP contribution in [0.15, 0.2) is 59.7 Å². The van der Waals surface area contributed by atoms with Crippen LogP contribution in [0.2, 0.25) is 0 Å². The molecule has 1 aliphatic rings. The van der Waals surface area contributed by atoms with E-state index in [4.69, 9.17) is 9.47 Å². The number of rotatable bonds is 7. The van der Waals surface area contributed by atoms with E-state index in [0.29, 0.717) is 30.2 Å². The van der Waals surface area contributed by atoms with Gasteiger partial charge in [0.05, 0.1) is 30.1 Å². The van der Waals surface area contributed by atoms with Crippen molar-refractivity contribution in [2.24, 2.45) is 7.05 Å². The molecule has 182 valence electrons. The van der Waals surface area contributed by atoms with Crippen molar-refractivity contribution in [1.82, 2.24) is 19.3 Å². The van der Waals surface area contributed by atoms with Gasteiger partial charge in [0.2, 0.25) is 12.3 Å². The number of hydrogen-bond donors (Lipinski definition) is 1. The van der Waals surface area contributed by atoms with Crippen LogP contribution in [0, 0.1) is 0 Å². The molecule has 2 aromatic heterocycles. The fraction of sp³-hybridized carbons (Fsp3) is 0.346. The summed E-state index contributed by atoms with van der Waals surface area (Å²) in [6.07, 6.45) is 4.18. The Balaban J connectivity index is 1.45. The van der Waals surface area contributed by atoms with Gasteiger partial charge in [0, 0.05) is 44.1 Å². The van der Waals surface area contributed by atoms with Crippen molar-refractivity contribution in [2.45, 2.75) is 38.7 Å². The lowest BCUT2D eigenvalue weighted by atomic mass is 10.1. The fourth-order valence-corrected chi connectivity index (χ4v) is 4.42. The standard InChI is InChI=1S/C26H28FN5O3/c1-17(27)35-24-8-4-3-6-19(24)15-32-23-12-18(9-10-22(23)25(33)31(32)2)20-13-28-26(29-14-20)30-21-7-5-11-34-16-21/h3-4,6,8-10,12-14,17,21H,5,7,11,15-16H2,1-2H3,(H,28,29,30). The van der Waals surface area contributed by atoms with Gasteiger partial charge in [0.1, 0.15) is 5.75 Å². The lowest BCUT2D eigenvalue weighted by Gasteiger charge is -2.22. The lowest BCUT2D eigenvalue weighted by molar-refractivity contribution is 0.0847. The van der Waals surface area contributed by atoms with Crippen LogP contribution in [0.1, 0.15) is 25.3 Å². The molecule has 3 heterocycles. The van der Waals surface area contributed by atoms with E-state index in [1.807, 2.05) is 35.0 Å². The number of alkyl halides is 1. The summed E-state index contributed by atoms with van der Waals surface area (Å²) in [6.45, 7) is 3.16. The number of halogens is 1. The Hall–Kier alpha value is -3.72. The highest BCUT2D eigenvalue weighted by Gasteiger charge is 2.16. The second kappa shape index (κ2) is 9.87. The van der Waals surface area contributed by atoms with Crippen molar-refractivity contribution in [3.05, 3.63) is 70.8 Å². The number of para-hydroxylation sites is 1. The maximum atomic E-state index is 13.5. The molecular weight excluding hydrogens is 449 g/mol. The number of ether oxygens (including phenoxy) is 2. The van der Waals surface area contributed by atoms with Gasteiger partial charge in [-0.1, -0.05) is 24.3 Å². The van der Waals surface area contributed by atoms with Crippen molar-refractivity contribution in [2.75, 3.05) is 18.5 Å². The number of anilines is 1. The van der Waals surface area contributed by atoms with Gasteiger partial charge in [-0.25, -0.2) is 14.4 Å². The van der Waals surface area contributed by atoms with Crippen LogP contribution in [-0.4, -0.2) is 44.9 Å². The van der Waals surface area contributed by atoms with E-state index in [0.717, 1.165) is 41.7 Å². The summed E-state index contributed by atoms with van der Waals surface area (Å²) >= 11 is 0. The largest absolute Gasteiger partial charge is 0.460 e. The molecule has 1 saturated heterocycles. The first kappa shape index (κ1) is 23.0. The Bertz CT molecular complexity index is 1370. The quantitative estimate of drug-likeness (QED) is 0.431. The van der Waals surface area contributed by atoms with Crippen LogP contribution < -0.4 is 15.6 Å². The highest BCUT2D eigenvalue weighted by atomic mass is 19.1. The number of nitrogens with one attached hydrogen (secondary N) is 1. The van der Waals surface area contributed by atoms with Crippen molar-refractivity contribution < 1.29 is 13.9 Å². The minimum atomic E-state index is -1.43. The molecule has 5 rings (SSSR count). The molecule has 0 saturated carbocycles. The van der Waals surface area contributed by atoms with Crippen LogP contribution in [0.4, 0.5) is 10.3 Å². The Kier molecular flexibility index (Phi) is 6.50. The summed E-state index contributed by atoms with van der Waals surface area (Å²) in [4.78, 5) is 21.8. The van der Waals surface area contributed by atoms with Gasteiger partial charge >= 0.3 is 0 Å². The highest BCUT2D eigenvalue weighted by Crippen LogP contribution is 2.26. The van der Waals surface area contributed by atoms with Crippen LogP contribution in [0.3, 0.4) is 0 Å². The predicted octanol–water partition coefficient (Wildman–Crippen LogP) is 4.13. The van der Waals surface area contributed by atoms with Gasteiger partial charge in [-0.15, -0.1) is 0 Å². The third-order valence-corrected chi connectivity index (χ3v) is 6.22. The van der Waals surface area contributed by atoms with Crippen molar-refractivity contribution in [3.8, 4) is 16.9 Å². The SMILES string of the molecule is CC(F)Oc1ccccc1Cn1c2cc(-c3cnc(NC4CCCOC4)nc3)ccc2c(=O)n1C. The summed E-state index contributed by atoms with van der Waals surface area (Å²) in [5.41, 5.74) is 3.18. The molecule has 2 atom stereocenters. The number of nitrogens with zero attached hydrogens (tertiary/aromatic N) is 4. The second-order valence-corrected chi connectivity index (χ2v) is 8.74. The minimum absolute atomic E-state index is 0.102. The minimum Gasteiger partial charge on any atom is -0.460 e. The molecule has 9 heteroatoms. The predicted molar refractivity (Wildman–Crippen MR) is 132 cm³/mol. The lowest BCUT2D eigenvalue weighted by Crippen LogP contribution is -2.30. The van der Waals surface area contributed by atoms with E-state index in [1.54, 1.807) is 36.3 Å². The maximum absolute atomic E-state index is 13.5. The Morgan fingerprint density at radius 1 is 1.20 bits per heavy atom. The van der Waals surface area contributed by atoms with Gasteiger partial charge < -0.3 is 14.8 Å². The topological polar surface area (TPSA) is 83.2 Å². The molecule has 0 bridgehead atoms. The Labute approximate surface area is 202 Å². The zero-order valence-electron chi connectivity index (χ0n) is 19.8. The molecule has 8 nitrogen and oxygen atoms in total. The third kappa shape index (κ3) is 4.90. The van der Waals surface area contributed by atoms with Gasteiger partial charge in [-0.2, -0.15) is 0 Å². The molecule has 2 unspecified atom stereocenters. The number of aromatic nitrogens is 4. The zero-order valence-corrected chi connectivity index (χ0v) is 19.8. The summed E-state index contributed by atoms with van der Waals surface area (Å²) in [7, 11) is 1.72. The van der Waals surface area contributed by atoms with Crippen LogP contribution in [-0.2, 0) is 18.3 Å². The molecule has 4 aromatic rings. The van der Waals surface area contributed by atoms with Crippen LogP contribution >= 0.6 is 0 Å². The van der Waals surface area contributed by atoms with E-state index in [9.17, 15) is 9.18 Å². The van der Waals surface area contributed by atoms with Gasteiger partial charge in [-0.3, -0.25) is 14.2 Å². The molecule has 35 heavy (non-hydrogen) atoms. The maximum Gasteiger partial charge on any atom is 0.274 e. The second-order valence-electron chi connectivity index (χ2n) is 8.74. The number of fused-ring (bicyclic) bond motifs is 1. The van der Waals surface area contributed by atoms with Crippen molar-refractivity contribution in [1.29, 1.82) is 0 Å². The molecule has 2 aromatic carbocycles. The van der Waals surface area contributed by atoms with Gasteiger partial charge in [-0.05, 0) is 36.6 Å². The molecule has 1 fully saturated rings. The van der Waals surface area contributed by atoms with Crippen LogP contribution in [0.25, 0.3) is 22.0 Å². The monoisotopic (exact) mass is 477 g/mol. The van der Waals surface area contributed by atoms with E-state index < -0.39 is 6.36 Å². The first-order chi connectivity index (χ1) is 17.0. The molecule has 0 radical (unpaired) electrons. The molecular formula is C26H28FN5O3. The molecule has 0 spiro atoms. The summed E-state index contributed by atoms with van der Waals surface area (Å²) < 4.78 is 27.8. The average Bonchev–Trinajstić information content (AvgIpc) is 3.10. The molecule has 0 aliphatic carbocycles. The van der Waals surface area contributed by atoms with Crippen LogP contribution in [0.5, 0.6) is 5.75 Å². The van der Waals surface area contributed by atoms with Gasteiger partial charge in [0.25, 0.3) is 5.56 Å². The normalized spacial score (nSPS) is 16.8. The van der Waals surface area contributed by atoms with E-state index in [-0.39, 0.29) is 11.6 Å². The Morgan fingerprint density at radius 2 is 2.00 bits per heavy atom. The molecule has 0 amide bonds. The number of benzene rings is 2. The average molecular weight is 478 g/mol. The van der Waals surface area contributed by atoms with Crippen molar-refractivity contribution in [3.63, 3.8) is 0 Å². The Morgan fingerprint density at radius 3 is 2.74 bits per heavy atom. The summed E-state index contributed by atoms with van der Waals surface area (Å²) in [5, 5.41) is 3.92. The van der Waals surface area contributed by atoms with Crippen molar-refractivity contribution >= 4 is 16.9 Å². The van der Waals surface area contributed by atoms with E-state index >= 15 is 0 Å². The summed E-state index contributed by atoms with van der Waals surface area (Å²) in [6, 6.07) is 13.2. The summed E-state index contributed by atoms with van der Waals surface area (Å²) in [5.74, 6) is 1.02. The fourth-order valence-electron chi connectivity index (χ4n) is 4.42. The molecule has 1 aliphatic heterocycles. The first-order valence-corrected chi connectivity index (χ1v) is 11.7. The smallest absolute Gasteiger partial charge is 0.274 e. The highest BCUT2D eigenvalue weighted by molar-refractivity contribution is 5.84. The van der Waals surface area contributed by atoms with E-state index in [1.165, 1.54) is 6.92 Å². The third-order valence-electron chi connectivity index (χ3n) is 6.22. The molecule has 1 N–H and O–H groups in total. The zero-order chi connectivity index (χ0) is 24.4. The first-order valence-electron chi connectivity index (χ1n) is 11.7. The number of hydrogen-bond acceptors (Lipinski definition) is 6. The van der Waals surface area contributed by atoms with Gasteiger partial charge in [0.15, 0.2) is 0 Å². The van der Waals surface area contributed by atoms with E-state index in [2.05, 4.69) is 15.3 Å².